The molecule has 1 atom stereocenters. The SMILES string of the molecule is Cc1ccc2nc(CN(C)CC3CCC(=O)N(C(C)C)C3)[nH]c2c1. The standard InChI is InChI=1S/C19H28N4O/c1-13(2)23-11-15(6-8-19(23)24)10-22(4)12-18-20-16-7-5-14(3)9-17(16)21-18/h5,7,9,13,15H,6,8,10-12H2,1-4H3,(H,20,21). The van der Waals surface area contributed by atoms with Crippen molar-refractivity contribution in [1.29, 1.82) is 0 Å². The summed E-state index contributed by atoms with van der Waals surface area (Å²) in [6.45, 7) is 8.96. The van der Waals surface area contributed by atoms with Crippen LogP contribution in [0, 0.1) is 12.8 Å². The number of nitrogens with zero attached hydrogens (tertiary/aromatic N) is 3. The van der Waals surface area contributed by atoms with Crippen molar-refractivity contribution < 1.29 is 4.79 Å². The molecular weight excluding hydrogens is 300 g/mol. The van der Waals surface area contributed by atoms with Gasteiger partial charge in [-0.3, -0.25) is 9.69 Å². The molecule has 1 aromatic heterocycles. The molecule has 1 aromatic carbocycles. The maximum absolute atomic E-state index is 12.0. The molecule has 2 heterocycles. The van der Waals surface area contributed by atoms with Crippen LogP contribution in [0.5, 0.6) is 0 Å². The predicted molar refractivity (Wildman–Crippen MR) is 96.7 cm³/mol. The first-order chi connectivity index (χ1) is 11.4. The Labute approximate surface area is 144 Å². The molecular formula is C19H28N4O. The number of aryl methyl sites for hydroxylation is 1. The minimum absolute atomic E-state index is 0.296. The van der Waals surface area contributed by atoms with Gasteiger partial charge in [0.25, 0.3) is 0 Å². The van der Waals surface area contributed by atoms with Crippen molar-refractivity contribution in [3.05, 3.63) is 29.6 Å². The zero-order valence-corrected chi connectivity index (χ0v) is 15.2. The average Bonchev–Trinajstić information content (AvgIpc) is 2.90. The highest BCUT2D eigenvalue weighted by Gasteiger charge is 2.27. The van der Waals surface area contributed by atoms with Crippen molar-refractivity contribution >= 4 is 16.9 Å². The van der Waals surface area contributed by atoms with Crippen molar-refractivity contribution in [2.75, 3.05) is 20.1 Å². The van der Waals surface area contributed by atoms with Crippen LogP contribution in [0.3, 0.4) is 0 Å². The van der Waals surface area contributed by atoms with Crippen LogP contribution in [0.15, 0.2) is 18.2 Å². The molecule has 1 N–H and O–H groups in total. The van der Waals surface area contributed by atoms with Gasteiger partial charge in [0.05, 0.1) is 17.6 Å². The van der Waals surface area contributed by atoms with E-state index in [1.165, 1.54) is 5.56 Å². The maximum Gasteiger partial charge on any atom is 0.222 e. The molecule has 3 rings (SSSR count). The number of carbonyl (C=O) groups is 1. The summed E-state index contributed by atoms with van der Waals surface area (Å²) in [6.07, 6.45) is 1.67. The molecule has 2 aromatic rings. The van der Waals surface area contributed by atoms with Gasteiger partial charge in [0.15, 0.2) is 0 Å². The lowest BCUT2D eigenvalue weighted by Crippen LogP contribution is -2.46. The third kappa shape index (κ3) is 3.78. The minimum Gasteiger partial charge on any atom is -0.341 e. The number of rotatable bonds is 5. The second-order valence-corrected chi connectivity index (χ2v) is 7.45. The lowest BCUT2D eigenvalue weighted by molar-refractivity contribution is -0.136. The number of piperidine rings is 1. The van der Waals surface area contributed by atoms with E-state index in [1.54, 1.807) is 0 Å². The Hall–Kier alpha value is -1.88. The molecule has 5 nitrogen and oxygen atoms in total. The number of H-pyrrole nitrogens is 1. The van der Waals surface area contributed by atoms with E-state index < -0.39 is 0 Å². The molecule has 1 saturated heterocycles. The number of hydrogen-bond donors (Lipinski definition) is 1. The lowest BCUT2D eigenvalue weighted by Gasteiger charge is -2.36. The summed E-state index contributed by atoms with van der Waals surface area (Å²) >= 11 is 0. The van der Waals surface area contributed by atoms with Gasteiger partial charge in [-0.1, -0.05) is 6.07 Å². The van der Waals surface area contributed by atoms with Gasteiger partial charge < -0.3 is 9.88 Å². The Bertz CT molecular complexity index is 721. The number of benzene rings is 1. The van der Waals surface area contributed by atoms with Crippen LogP contribution in [-0.4, -0.2) is 51.9 Å². The molecule has 1 amide bonds. The van der Waals surface area contributed by atoms with Gasteiger partial charge in [-0.05, 0) is 57.9 Å². The molecule has 1 aliphatic heterocycles. The van der Waals surface area contributed by atoms with Crippen LogP contribution in [0.4, 0.5) is 0 Å². The molecule has 0 radical (unpaired) electrons. The summed E-state index contributed by atoms with van der Waals surface area (Å²) in [5.41, 5.74) is 3.37. The molecule has 0 saturated carbocycles. The molecule has 0 spiro atoms. The molecule has 1 fully saturated rings. The van der Waals surface area contributed by atoms with Gasteiger partial charge in [0.1, 0.15) is 5.82 Å². The lowest BCUT2D eigenvalue weighted by atomic mass is 9.96. The first-order valence-electron chi connectivity index (χ1n) is 8.85. The quantitative estimate of drug-likeness (QED) is 0.918. The fraction of sp³-hybridized carbons (Fsp3) is 0.579. The van der Waals surface area contributed by atoms with E-state index in [4.69, 9.17) is 0 Å². The monoisotopic (exact) mass is 328 g/mol. The first kappa shape index (κ1) is 17.0. The average molecular weight is 328 g/mol. The Morgan fingerprint density at radius 1 is 1.42 bits per heavy atom. The highest BCUT2D eigenvalue weighted by Crippen LogP contribution is 2.21. The predicted octanol–water partition coefficient (Wildman–Crippen LogP) is 2.95. The van der Waals surface area contributed by atoms with E-state index in [2.05, 4.69) is 60.9 Å². The zero-order valence-electron chi connectivity index (χ0n) is 15.2. The number of aromatic amines is 1. The maximum atomic E-state index is 12.0. The number of aromatic nitrogens is 2. The third-order valence-electron chi connectivity index (χ3n) is 4.84. The Kier molecular flexibility index (Phi) is 4.90. The topological polar surface area (TPSA) is 52.2 Å². The van der Waals surface area contributed by atoms with E-state index in [-0.39, 0.29) is 0 Å². The van der Waals surface area contributed by atoms with E-state index in [9.17, 15) is 4.79 Å². The number of fused-ring (bicyclic) bond motifs is 1. The molecule has 1 unspecified atom stereocenters. The van der Waals surface area contributed by atoms with Crippen LogP contribution in [-0.2, 0) is 11.3 Å². The van der Waals surface area contributed by atoms with Crippen LogP contribution in [0.2, 0.25) is 0 Å². The van der Waals surface area contributed by atoms with Crippen molar-refractivity contribution in [3.63, 3.8) is 0 Å². The molecule has 1 aliphatic rings. The fourth-order valence-electron chi connectivity index (χ4n) is 3.60. The minimum atomic E-state index is 0.296. The summed E-state index contributed by atoms with van der Waals surface area (Å²) in [4.78, 5) is 24.4. The van der Waals surface area contributed by atoms with E-state index in [1.807, 2.05) is 4.90 Å². The van der Waals surface area contributed by atoms with E-state index >= 15 is 0 Å². The summed E-state index contributed by atoms with van der Waals surface area (Å²) in [5, 5.41) is 0. The molecule has 130 valence electrons. The van der Waals surface area contributed by atoms with Gasteiger partial charge in [-0.15, -0.1) is 0 Å². The van der Waals surface area contributed by atoms with Crippen molar-refractivity contribution in [1.82, 2.24) is 19.8 Å². The van der Waals surface area contributed by atoms with Gasteiger partial charge in [0.2, 0.25) is 5.91 Å². The Morgan fingerprint density at radius 3 is 2.96 bits per heavy atom. The molecule has 0 aliphatic carbocycles. The van der Waals surface area contributed by atoms with Gasteiger partial charge in [-0.2, -0.15) is 0 Å². The van der Waals surface area contributed by atoms with Crippen LogP contribution >= 0.6 is 0 Å². The number of hydrogen-bond acceptors (Lipinski definition) is 3. The molecule has 5 heteroatoms. The van der Waals surface area contributed by atoms with Gasteiger partial charge in [-0.25, -0.2) is 4.98 Å². The second-order valence-electron chi connectivity index (χ2n) is 7.45. The summed E-state index contributed by atoms with van der Waals surface area (Å²) in [6, 6.07) is 6.59. The van der Waals surface area contributed by atoms with Crippen molar-refractivity contribution in [3.8, 4) is 0 Å². The van der Waals surface area contributed by atoms with Crippen LogP contribution in [0.25, 0.3) is 11.0 Å². The summed E-state index contributed by atoms with van der Waals surface area (Å²) in [7, 11) is 2.13. The third-order valence-corrected chi connectivity index (χ3v) is 4.84. The van der Waals surface area contributed by atoms with E-state index in [0.717, 1.165) is 42.9 Å². The van der Waals surface area contributed by atoms with Crippen molar-refractivity contribution in [2.24, 2.45) is 5.92 Å². The number of carbonyl (C=O) groups excluding carboxylic acids is 1. The summed E-state index contributed by atoms with van der Waals surface area (Å²) < 4.78 is 0. The highest BCUT2D eigenvalue weighted by molar-refractivity contribution is 5.77. The smallest absolute Gasteiger partial charge is 0.222 e. The number of likely N-dealkylation sites (tertiary alicyclic amines) is 1. The first-order valence-corrected chi connectivity index (χ1v) is 8.85. The number of imidazole rings is 1. The Balaban J connectivity index is 1.60. The molecule has 0 bridgehead atoms. The molecule has 24 heavy (non-hydrogen) atoms. The van der Waals surface area contributed by atoms with Crippen LogP contribution in [0.1, 0.15) is 38.1 Å². The summed E-state index contributed by atoms with van der Waals surface area (Å²) in [5.74, 6) is 1.85. The number of nitrogens with one attached hydrogen (secondary N) is 1. The zero-order chi connectivity index (χ0) is 17.3. The van der Waals surface area contributed by atoms with E-state index in [0.29, 0.717) is 24.3 Å². The van der Waals surface area contributed by atoms with Crippen molar-refractivity contribution in [2.45, 2.75) is 46.2 Å². The Morgan fingerprint density at radius 2 is 2.21 bits per heavy atom. The highest BCUT2D eigenvalue weighted by atomic mass is 16.2. The van der Waals surface area contributed by atoms with Gasteiger partial charge >= 0.3 is 0 Å². The fourth-order valence-corrected chi connectivity index (χ4v) is 3.60. The van der Waals surface area contributed by atoms with Gasteiger partial charge in [0, 0.05) is 25.6 Å². The number of amides is 1. The normalized spacial score (nSPS) is 19.0. The second kappa shape index (κ2) is 6.93. The van der Waals surface area contributed by atoms with Crippen LogP contribution < -0.4 is 0 Å². The largest absolute Gasteiger partial charge is 0.341 e.